The van der Waals surface area contributed by atoms with Crippen molar-refractivity contribution in [2.45, 2.75) is 26.3 Å². The highest BCUT2D eigenvalue weighted by atomic mass is 32.1. The zero-order chi connectivity index (χ0) is 19.8. The van der Waals surface area contributed by atoms with Crippen molar-refractivity contribution in [2.75, 3.05) is 18.5 Å². The topological polar surface area (TPSA) is 123 Å². The Balaban J connectivity index is 1.94. The summed E-state index contributed by atoms with van der Waals surface area (Å²) in [6, 6.07) is 5.58. The normalized spacial score (nSPS) is 11.5. The molecule has 0 bridgehead atoms. The summed E-state index contributed by atoms with van der Waals surface area (Å²) in [5.41, 5.74) is 6.70. The molecular formula is C18H22N4O4S. The molecule has 0 radical (unpaired) electrons. The molecule has 8 nitrogen and oxygen atoms in total. The van der Waals surface area contributed by atoms with Gasteiger partial charge >= 0.3 is 5.97 Å². The Bertz CT molecular complexity index is 804. The second-order valence-electron chi connectivity index (χ2n) is 5.64. The quantitative estimate of drug-likeness (QED) is 0.588. The molecule has 0 aliphatic carbocycles. The van der Waals surface area contributed by atoms with E-state index in [1.807, 2.05) is 0 Å². The van der Waals surface area contributed by atoms with Crippen LogP contribution in [0.5, 0.6) is 0 Å². The number of nitrogens with zero attached hydrogens (tertiary/aromatic N) is 1. The van der Waals surface area contributed by atoms with Crippen LogP contribution in [0.2, 0.25) is 0 Å². The van der Waals surface area contributed by atoms with Crippen molar-refractivity contribution in [3.05, 3.63) is 45.9 Å². The summed E-state index contributed by atoms with van der Waals surface area (Å²) in [6.07, 6.45) is 0.631. The molecule has 2 amide bonds. The molecule has 0 aliphatic heterocycles. The number of benzene rings is 1. The predicted octanol–water partition coefficient (Wildman–Crippen LogP) is 1.58. The number of esters is 1. The Morgan fingerprint density at radius 1 is 1.22 bits per heavy atom. The Morgan fingerprint density at radius 2 is 1.93 bits per heavy atom. The second-order valence-corrected chi connectivity index (χ2v) is 6.59. The first-order chi connectivity index (χ1) is 12.9. The van der Waals surface area contributed by atoms with E-state index in [-0.39, 0.29) is 12.5 Å². The van der Waals surface area contributed by atoms with Crippen LogP contribution in [0, 0.1) is 0 Å². The summed E-state index contributed by atoms with van der Waals surface area (Å²) < 4.78 is 4.85. The summed E-state index contributed by atoms with van der Waals surface area (Å²) in [7, 11) is 0. The van der Waals surface area contributed by atoms with Crippen LogP contribution < -0.4 is 16.4 Å². The SMILES string of the molecule is CCOC(=O)C(C)NC(=O)c1ccc(NC(=O)c2csc(CCN)n2)cc1. The molecule has 0 fully saturated rings. The largest absolute Gasteiger partial charge is 0.464 e. The molecule has 0 saturated heterocycles. The molecule has 0 saturated carbocycles. The number of hydrogen-bond donors (Lipinski definition) is 3. The maximum absolute atomic E-state index is 12.2. The number of ether oxygens (including phenoxy) is 1. The molecule has 2 aromatic rings. The fourth-order valence-electron chi connectivity index (χ4n) is 2.16. The number of thiazole rings is 1. The van der Waals surface area contributed by atoms with E-state index in [1.54, 1.807) is 43.5 Å². The van der Waals surface area contributed by atoms with Crippen LogP contribution in [0.25, 0.3) is 0 Å². The van der Waals surface area contributed by atoms with Gasteiger partial charge in [0.2, 0.25) is 0 Å². The van der Waals surface area contributed by atoms with E-state index in [9.17, 15) is 14.4 Å². The number of carbonyl (C=O) groups is 3. The van der Waals surface area contributed by atoms with Crippen LogP contribution in [0.3, 0.4) is 0 Å². The van der Waals surface area contributed by atoms with Gasteiger partial charge in [-0.3, -0.25) is 9.59 Å². The molecule has 1 unspecified atom stereocenters. The highest BCUT2D eigenvalue weighted by molar-refractivity contribution is 7.09. The number of amides is 2. The van der Waals surface area contributed by atoms with Crippen LogP contribution in [0.1, 0.15) is 39.7 Å². The van der Waals surface area contributed by atoms with Crippen molar-refractivity contribution in [1.82, 2.24) is 10.3 Å². The maximum Gasteiger partial charge on any atom is 0.328 e. The average molecular weight is 390 g/mol. The van der Waals surface area contributed by atoms with Crippen LogP contribution in [0.15, 0.2) is 29.6 Å². The molecular weight excluding hydrogens is 368 g/mol. The van der Waals surface area contributed by atoms with Gasteiger partial charge in [-0.25, -0.2) is 9.78 Å². The third-order valence-corrected chi connectivity index (χ3v) is 4.44. The number of anilines is 1. The molecule has 1 atom stereocenters. The fraction of sp³-hybridized carbons (Fsp3) is 0.333. The minimum Gasteiger partial charge on any atom is -0.464 e. The summed E-state index contributed by atoms with van der Waals surface area (Å²) >= 11 is 1.39. The van der Waals surface area contributed by atoms with Crippen molar-refractivity contribution < 1.29 is 19.1 Å². The molecule has 1 heterocycles. The first-order valence-electron chi connectivity index (χ1n) is 8.48. The van der Waals surface area contributed by atoms with E-state index in [0.29, 0.717) is 29.9 Å². The van der Waals surface area contributed by atoms with E-state index in [0.717, 1.165) is 5.01 Å². The second kappa shape index (κ2) is 9.79. The van der Waals surface area contributed by atoms with E-state index >= 15 is 0 Å². The lowest BCUT2D eigenvalue weighted by atomic mass is 10.2. The van der Waals surface area contributed by atoms with E-state index < -0.39 is 17.9 Å². The van der Waals surface area contributed by atoms with Crippen LogP contribution >= 0.6 is 11.3 Å². The molecule has 27 heavy (non-hydrogen) atoms. The summed E-state index contributed by atoms with van der Waals surface area (Å²) in [6.45, 7) is 3.98. The zero-order valence-corrected chi connectivity index (χ0v) is 16.0. The lowest BCUT2D eigenvalue weighted by Crippen LogP contribution is -2.39. The summed E-state index contributed by atoms with van der Waals surface area (Å²) in [4.78, 5) is 40.2. The van der Waals surface area contributed by atoms with Crippen molar-refractivity contribution in [1.29, 1.82) is 0 Å². The molecule has 144 valence electrons. The van der Waals surface area contributed by atoms with Gasteiger partial charge in [-0.2, -0.15) is 0 Å². The first kappa shape index (κ1) is 20.5. The smallest absolute Gasteiger partial charge is 0.328 e. The minimum absolute atomic E-state index is 0.250. The van der Waals surface area contributed by atoms with E-state index in [4.69, 9.17) is 10.5 Å². The fourth-order valence-corrected chi connectivity index (χ4v) is 2.95. The number of carbonyl (C=O) groups excluding carboxylic acids is 3. The number of nitrogens with two attached hydrogens (primary N) is 1. The van der Waals surface area contributed by atoms with Crippen LogP contribution in [-0.4, -0.2) is 42.0 Å². The molecule has 0 spiro atoms. The van der Waals surface area contributed by atoms with Crippen molar-refractivity contribution >= 4 is 34.8 Å². The van der Waals surface area contributed by atoms with Crippen LogP contribution in [-0.2, 0) is 16.0 Å². The van der Waals surface area contributed by atoms with Gasteiger partial charge in [0.15, 0.2) is 0 Å². The predicted molar refractivity (Wildman–Crippen MR) is 103 cm³/mol. The third kappa shape index (κ3) is 5.87. The third-order valence-electron chi connectivity index (χ3n) is 3.54. The molecule has 9 heteroatoms. The number of hydrogen-bond acceptors (Lipinski definition) is 7. The lowest BCUT2D eigenvalue weighted by molar-refractivity contribution is -0.144. The molecule has 2 rings (SSSR count). The van der Waals surface area contributed by atoms with Crippen LogP contribution in [0.4, 0.5) is 5.69 Å². The van der Waals surface area contributed by atoms with Gasteiger partial charge in [-0.05, 0) is 44.7 Å². The van der Waals surface area contributed by atoms with Gasteiger partial charge in [0.1, 0.15) is 11.7 Å². The van der Waals surface area contributed by atoms with Gasteiger partial charge in [0.25, 0.3) is 11.8 Å². The molecule has 1 aromatic carbocycles. The zero-order valence-electron chi connectivity index (χ0n) is 15.2. The number of rotatable bonds is 8. The first-order valence-corrected chi connectivity index (χ1v) is 9.36. The van der Waals surface area contributed by atoms with Crippen molar-refractivity contribution in [3.8, 4) is 0 Å². The number of aromatic nitrogens is 1. The monoisotopic (exact) mass is 390 g/mol. The Labute approximate surface area is 161 Å². The Hall–Kier alpha value is -2.78. The Morgan fingerprint density at radius 3 is 2.56 bits per heavy atom. The average Bonchev–Trinajstić information content (AvgIpc) is 3.11. The maximum atomic E-state index is 12.2. The molecule has 1 aromatic heterocycles. The van der Waals surface area contributed by atoms with E-state index in [2.05, 4.69) is 15.6 Å². The highest BCUT2D eigenvalue weighted by Crippen LogP contribution is 2.14. The lowest BCUT2D eigenvalue weighted by Gasteiger charge is -2.12. The Kier molecular flexibility index (Phi) is 7.44. The highest BCUT2D eigenvalue weighted by Gasteiger charge is 2.17. The van der Waals surface area contributed by atoms with E-state index in [1.165, 1.54) is 11.3 Å². The van der Waals surface area contributed by atoms with Gasteiger partial charge in [0.05, 0.1) is 11.6 Å². The van der Waals surface area contributed by atoms with Crippen molar-refractivity contribution in [2.24, 2.45) is 5.73 Å². The minimum atomic E-state index is -0.746. The van der Waals surface area contributed by atoms with Gasteiger partial charge in [0, 0.05) is 23.1 Å². The molecule has 0 aliphatic rings. The van der Waals surface area contributed by atoms with Gasteiger partial charge in [-0.15, -0.1) is 11.3 Å². The summed E-state index contributed by atoms with van der Waals surface area (Å²) in [5.74, 6) is -1.23. The molecule has 4 N–H and O–H groups in total. The standard InChI is InChI=1S/C18H22N4O4S/c1-3-26-18(25)11(2)20-16(23)12-4-6-13(7-5-12)21-17(24)14-10-27-15(22-14)8-9-19/h4-7,10-11H,3,8-9,19H2,1-2H3,(H,20,23)(H,21,24). The van der Waals surface area contributed by atoms with Gasteiger partial charge < -0.3 is 21.1 Å². The number of nitrogens with one attached hydrogen (secondary N) is 2. The summed E-state index contributed by atoms with van der Waals surface area (Å²) in [5, 5.41) is 7.78. The van der Waals surface area contributed by atoms with Gasteiger partial charge in [-0.1, -0.05) is 0 Å². The van der Waals surface area contributed by atoms with Crippen molar-refractivity contribution in [3.63, 3.8) is 0 Å².